The lowest BCUT2D eigenvalue weighted by Crippen LogP contribution is -2.00. The molecule has 9 heavy (non-hydrogen) atoms. The molecule has 0 radical (unpaired) electrons. The van der Waals surface area contributed by atoms with E-state index in [0.29, 0.717) is 19.0 Å². The van der Waals surface area contributed by atoms with E-state index in [0.717, 1.165) is 6.54 Å². The zero-order valence-electron chi connectivity index (χ0n) is 5.04. The van der Waals surface area contributed by atoms with Crippen LogP contribution in [0.1, 0.15) is 6.42 Å². The Morgan fingerprint density at radius 2 is 2.22 bits per heavy atom. The van der Waals surface area contributed by atoms with E-state index in [1.807, 2.05) is 11.0 Å². The van der Waals surface area contributed by atoms with E-state index in [2.05, 4.69) is 6.07 Å². The molecule has 0 saturated carbocycles. The average Bonchev–Trinajstić information content (AvgIpc) is 2.50. The number of hydrogen-bond acceptors (Lipinski definition) is 3. The van der Waals surface area contributed by atoms with Crippen molar-refractivity contribution in [3.63, 3.8) is 0 Å². The van der Waals surface area contributed by atoms with Gasteiger partial charge in [0.1, 0.15) is 0 Å². The highest BCUT2D eigenvalue weighted by molar-refractivity contribution is 4.99. The van der Waals surface area contributed by atoms with Gasteiger partial charge in [0, 0.05) is 12.6 Å². The quantitative estimate of drug-likeness (QED) is 0.385. The maximum Gasteiger partial charge on any atom is 0.0869 e. The molecular weight excluding hydrogens is 114 g/mol. The minimum atomic E-state index is 0.384. The van der Waals surface area contributed by atoms with Crippen molar-refractivity contribution in [1.82, 2.24) is 4.90 Å². The predicted octanol–water partition coefficient (Wildman–Crippen LogP) is 0.108. The maximum absolute atomic E-state index is 8.20. The second-order valence-electron chi connectivity index (χ2n) is 2.10. The molecule has 1 saturated heterocycles. The van der Waals surface area contributed by atoms with Crippen LogP contribution in [0.3, 0.4) is 0 Å². The topological polar surface area (TPSA) is 50.6 Å². The molecule has 0 aliphatic carbocycles. The fourth-order valence-corrected chi connectivity index (χ4v) is 0.807. The van der Waals surface area contributed by atoms with E-state index in [1.54, 1.807) is 0 Å². The van der Waals surface area contributed by atoms with Gasteiger partial charge >= 0.3 is 0 Å². The van der Waals surface area contributed by atoms with Gasteiger partial charge in [-0.25, -0.2) is 0 Å². The highest BCUT2D eigenvalue weighted by atomic mass is 15.3. The maximum atomic E-state index is 8.20. The largest absolute Gasteiger partial charge is 0.284 e. The normalized spacial score (nSPS) is 30.4. The summed E-state index contributed by atoms with van der Waals surface area (Å²) in [6.07, 6.45) is 0.571. The standard InChI is InChI=1S/C6H7N3/c7-2-1-6-5-9(6)4-3-8/h6H,1,4-5H2. The number of nitrogens with zero attached hydrogens (tertiary/aromatic N) is 3. The van der Waals surface area contributed by atoms with Gasteiger partial charge in [-0.1, -0.05) is 0 Å². The predicted molar refractivity (Wildman–Crippen MR) is 31.2 cm³/mol. The summed E-state index contributed by atoms with van der Waals surface area (Å²) in [4.78, 5) is 1.98. The Bertz CT molecular complexity index is 154. The van der Waals surface area contributed by atoms with Crippen molar-refractivity contribution < 1.29 is 0 Å². The SMILES string of the molecule is N#CCC1CN1CC#N. The average molecular weight is 121 g/mol. The third-order valence-electron chi connectivity index (χ3n) is 1.43. The Kier molecular flexibility index (Phi) is 1.67. The van der Waals surface area contributed by atoms with Crippen LogP contribution in [0.5, 0.6) is 0 Å². The molecule has 1 rings (SSSR count). The number of nitriles is 2. The van der Waals surface area contributed by atoms with Crippen molar-refractivity contribution in [3.8, 4) is 12.1 Å². The Balaban J connectivity index is 2.13. The van der Waals surface area contributed by atoms with E-state index in [1.165, 1.54) is 0 Å². The molecular formula is C6H7N3. The first kappa shape index (κ1) is 6.07. The molecule has 46 valence electrons. The van der Waals surface area contributed by atoms with Gasteiger partial charge in [-0.3, -0.25) is 4.90 Å². The number of rotatable bonds is 2. The summed E-state index contributed by atoms with van der Waals surface area (Å²) in [6.45, 7) is 1.41. The second-order valence-corrected chi connectivity index (χ2v) is 2.10. The molecule has 0 aromatic heterocycles. The lowest BCUT2D eigenvalue weighted by atomic mass is 10.4. The fraction of sp³-hybridized carbons (Fsp3) is 0.667. The third kappa shape index (κ3) is 1.42. The van der Waals surface area contributed by atoms with Crippen molar-refractivity contribution in [1.29, 1.82) is 10.5 Å². The van der Waals surface area contributed by atoms with Crippen LogP contribution in [-0.4, -0.2) is 24.0 Å². The molecule has 0 amide bonds. The summed E-state index contributed by atoms with van der Waals surface area (Å²) in [5, 5.41) is 16.4. The van der Waals surface area contributed by atoms with Crippen LogP contribution in [0.2, 0.25) is 0 Å². The Morgan fingerprint density at radius 1 is 1.44 bits per heavy atom. The van der Waals surface area contributed by atoms with E-state index in [9.17, 15) is 0 Å². The molecule has 1 aliphatic heterocycles. The summed E-state index contributed by atoms with van der Waals surface area (Å²) >= 11 is 0. The van der Waals surface area contributed by atoms with Crippen molar-refractivity contribution in [3.05, 3.63) is 0 Å². The highest BCUT2D eigenvalue weighted by Crippen LogP contribution is 2.18. The molecule has 0 N–H and O–H groups in total. The van der Waals surface area contributed by atoms with E-state index in [4.69, 9.17) is 10.5 Å². The summed E-state index contributed by atoms with van der Waals surface area (Å²) in [5.74, 6) is 0. The van der Waals surface area contributed by atoms with Gasteiger partial charge in [0.05, 0.1) is 25.1 Å². The van der Waals surface area contributed by atoms with Gasteiger partial charge in [0.15, 0.2) is 0 Å². The van der Waals surface area contributed by atoms with Gasteiger partial charge in [0.25, 0.3) is 0 Å². The molecule has 2 atom stereocenters. The highest BCUT2D eigenvalue weighted by Gasteiger charge is 2.32. The summed E-state index contributed by atoms with van der Waals surface area (Å²) < 4.78 is 0. The lowest BCUT2D eigenvalue weighted by Gasteiger charge is -1.87. The molecule has 0 bridgehead atoms. The van der Waals surface area contributed by atoms with E-state index in [-0.39, 0.29) is 0 Å². The summed E-state index contributed by atoms with van der Waals surface area (Å²) in [5.41, 5.74) is 0. The monoisotopic (exact) mass is 121 g/mol. The van der Waals surface area contributed by atoms with Crippen molar-refractivity contribution >= 4 is 0 Å². The van der Waals surface area contributed by atoms with Crippen LogP contribution in [0, 0.1) is 22.7 Å². The van der Waals surface area contributed by atoms with Gasteiger partial charge in [-0.2, -0.15) is 10.5 Å². The van der Waals surface area contributed by atoms with Gasteiger partial charge in [-0.05, 0) is 0 Å². The van der Waals surface area contributed by atoms with Crippen molar-refractivity contribution in [2.75, 3.05) is 13.1 Å². The molecule has 0 aromatic carbocycles. The Morgan fingerprint density at radius 3 is 2.78 bits per heavy atom. The van der Waals surface area contributed by atoms with Crippen LogP contribution in [0.4, 0.5) is 0 Å². The van der Waals surface area contributed by atoms with Gasteiger partial charge in [-0.15, -0.1) is 0 Å². The minimum absolute atomic E-state index is 0.384. The first-order valence-electron chi connectivity index (χ1n) is 2.86. The number of hydrogen-bond donors (Lipinski definition) is 0. The molecule has 0 spiro atoms. The molecule has 3 heteroatoms. The molecule has 1 aliphatic rings. The van der Waals surface area contributed by atoms with Crippen LogP contribution in [0.15, 0.2) is 0 Å². The van der Waals surface area contributed by atoms with Gasteiger partial charge in [0.2, 0.25) is 0 Å². The van der Waals surface area contributed by atoms with Crippen LogP contribution in [0.25, 0.3) is 0 Å². The summed E-state index contributed by atoms with van der Waals surface area (Å²) in [7, 11) is 0. The van der Waals surface area contributed by atoms with Crippen molar-refractivity contribution in [2.45, 2.75) is 12.5 Å². The van der Waals surface area contributed by atoms with Crippen LogP contribution < -0.4 is 0 Å². The van der Waals surface area contributed by atoms with Crippen molar-refractivity contribution in [2.24, 2.45) is 0 Å². The molecule has 3 nitrogen and oxygen atoms in total. The molecule has 1 fully saturated rings. The first-order valence-corrected chi connectivity index (χ1v) is 2.86. The van der Waals surface area contributed by atoms with E-state index >= 15 is 0 Å². The second kappa shape index (κ2) is 2.48. The van der Waals surface area contributed by atoms with Crippen LogP contribution in [-0.2, 0) is 0 Å². The fourth-order valence-electron chi connectivity index (χ4n) is 0.807. The summed E-state index contributed by atoms with van der Waals surface area (Å²) in [6, 6.07) is 4.49. The molecule has 1 heterocycles. The molecule has 0 aromatic rings. The lowest BCUT2D eigenvalue weighted by molar-refractivity contribution is 0.570. The zero-order chi connectivity index (χ0) is 6.69. The minimum Gasteiger partial charge on any atom is -0.284 e. The molecule has 2 unspecified atom stereocenters. The Hall–Kier alpha value is -1.06. The third-order valence-corrected chi connectivity index (χ3v) is 1.43. The zero-order valence-corrected chi connectivity index (χ0v) is 5.04. The first-order chi connectivity index (χ1) is 4.38. The van der Waals surface area contributed by atoms with E-state index < -0.39 is 0 Å². The Labute approximate surface area is 54.1 Å². The van der Waals surface area contributed by atoms with Crippen LogP contribution >= 0.6 is 0 Å². The van der Waals surface area contributed by atoms with Gasteiger partial charge < -0.3 is 0 Å². The smallest absolute Gasteiger partial charge is 0.0869 e.